The molecule has 138 valence electrons. The second-order valence-corrected chi connectivity index (χ2v) is 7.72. The van der Waals surface area contributed by atoms with Crippen molar-refractivity contribution in [1.82, 2.24) is 9.78 Å². The van der Waals surface area contributed by atoms with Crippen molar-refractivity contribution in [3.63, 3.8) is 0 Å². The zero-order chi connectivity index (χ0) is 18.2. The first-order valence-electron chi connectivity index (χ1n) is 9.31. The SMILES string of the molecule is Brc1ccc(-c2nn(-c3ccc4c(c3)OCCO4)c3c2CCCCN3)cc1. The van der Waals surface area contributed by atoms with Gasteiger partial charge in [0.15, 0.2) is 11.5 Å². The minimum Gasteiger partial charge on any atom is -0.486 e. The number of hydrogen-bond donors (Lipinski definition) is 1. The first kappa shape index (κ1) is 16.7. The third kappa shape index (κ3) is 3.08. The van der Waals surface area contributed by atoms with Crippen LogP contribution in [0.4, 0.5) is 5.82 Å². The van der Waals surface area contributed by atoms with Gasteiger partial charge in [-0.25, -0.2) is 4.68 Å². The monoisotopic (exact) mass is 425 g/mol. The number of fused-ring (bicyclic) bond motifs is 2. The third-order valence-electron chi connectivity index (χ3n) is 5.02. The Kier molecular flexibility index (Phi) is 4.28. The van der Waals surface area contributed by atoms with Gasteiger partial charge in [-0.3, -0.25) is 0 Å². The van der Waals surface area contributed by atoms with Crippen molar-refractivity contribution in [2.45, 2.75) is 19.3 Å². The number of anilines is 1. The molecule has 3 heterocycles. The summed E-state index contributed by atoms with van der Waals surface area (Å²) in [5, 5.41) is 8.59. The number of rotatable bonds is 2. The number of halogens is 1. The van der Waals surface area contributed by atoms with Gasteiger partial charge in [-0.2, -0.15) is 5.10 Å². The zero-order valence-electron chi connectivity index (χ0n) is 14.9. The molecule has 0 atom stereocenters. The van der Waals surface area contributed by atoms with E-state index >= 15 is 0 Å². The van der Waals surface area contributed by atoms with Crippen LogP contribution in [-0.4, -0.2) is 29.5 Å². The van der Waals surface area contributed by atoms with E-state index in [0.717, 1.165) is 64.5 Å². The molecule has 0 unspecified atom stereocenters. The molecular formula is C21H20BrN3O2. The summed E-state index contributed by atoms with van der Waals surface area (Å²) < 4.78 is 14.5. The van der Waals surface area contributed by atoms with Crippen molar-refractivity contribution in [2.75, 3.05) is 25.1 Å². The highest BCUT2D eigenvalue weighted by molar-refractivity contribution is 9.10. The normalized spacial score (nSPS) is 15.6. The van der Waals surface area contributed by atoms with Crippen molar-refractivity contribution in [3.05, 3.63) is 52.5 Å². The maximum atomic E-state index is 5.77. The van der Waals surface area contributed by atoms with Gasteiger partial charge in [0.2, 0.25) is 0 Å². The Bertz CT molecular complexity index is 982. The summed E-state index contributed by atoms with van der Waals surface area (Å²) in [6, 6.07) is 14.4. The summed E-state index contributed by atoms with van der Waals surface area (Å²) >= 11 is 3.52. The smallest absolute Gasteiger partial charge is 0.163 e. The lowest BCUT2D eigenvalue weighted by Crippen LogP contribution is -2.15. The van der Waals surface area contributed by atoms with Crippen molar-refractivity contribution in [2.24, 2.45) is 0 Å². The van der Waals surface area contributed by atoms with Crippen LogP contribution in [0.1, 0.15) is 18.4 Å². The molecule has 0 spiro atoms. The van der Waals surface area contributed by atoms with E-state index in [2.05, 4.69) is 45.5 Å². The highest BCUT2D eigenvalue weighted by Crippen LogP contribution is 2.37. The molecular weight excluding hydrogens is 406 g/mol. The van der Waals surface area contributed by atoms with Gasteiger partial charge in [0.05, 0.1) is 11.4 Å². The fraction of sp³-hybridized carbons (Fsp3) is 0.286. The molecule has 1 N–H and O–H groups in total. The predicted molar refractivity (Wildman–Crippen MR) is 109 cm³/mol. The first-order chi connectivity index (χ1) is 13.3. The van der Waals surface area contributed by atoms with Crippen LogP contribution in [0.5, 0.6) is 11.5 Å². The average Bonchev–Trinajstić information content (AvgIpc) is 2.89. The van der Waals surface area contributed by atoms with Crippen molar-refractivity contribution in [1.29, 1.82) is 0 Å². The molecule has 0 amide bonds. The average molecular weight is 426 g/mol. The maximum Gasteiger partial charge on any atom is 0.163 e. The molecule has 0 fully saturated rings. The van der Waals surface area contributed by atoms with E-state index in [1.165, 1.54) is 5.56 Å². The largest absolute Gasteiger partial charge is 0.486 e. The van der Waals surface area contributed by atoms with Gasteiger partial charge in [-0.15, -0.1) is 0 Å². The molecule has 2 aromatic carbocycles. The minimum absolute atomic E-state index is 0.579. The number of hydrogen-bond acceptors (Lipinski definition) is 4. The summed E-state index contributed by atoms with van der Waals surface area (Å²) in [4.78, 5) is 0. The van der Waals surface area contributed by atoms with E-state index in [1.807, 2.05) is 22.9 Å². The van der Waals surface area contributed by atoms with Gasteiger partial charge in [0.25, 0.3) is 0 Å². The summed E-state index contributed by atoms with van der Waals surface area (Å²) in [5.74, 6) is 2.66. The lowest BCUT2D eigenvalue weighted by atomic mass is 10.0. The molecule has 5 nitrogen and oxygen atoms in total. The van der Waals surface area contributed by atoms with Crippen LogP contribution in [-0.2, 0) is 6.42 Å². The Morgan fingerprint density at radius 1 is 0.963 bits per heavy atom. The quantitative estimate of drug-likeness (QED) is 0.639. The lowest BCUT2D eigenvalue weighted by molar-refractivity contribution is 0.171. The Labute approximate surface area is 166 Å². The van der Waals surface area contributed by atoms with Crippen LogP contribution in [0.15, 0.2) is 46.9 Å². The lowest BCUT2D eigenvalue weighted by Gasteiger charge is -2.19. The van der Waals surface area contributed by atoms with Crippen LogP contribution in [0.3, 0.4) is 0 Å². The third-order valence-corrected chi connectivity index (χ3v) is 5.55. The summed E-state index contributed by atoms with van der Waals surface area (Å²) in [6.07, 6.45) is 3.35. The topological polar surface area (TPSA) is 48.3 Å². The molecule has 2 aliphatic rings. The summed E-state index contributed by atoms with van der Waals surface area (Å²) in [7, 11) is 0. The molecule has 27 heavy (non-hydrogen) atoms. The first-order valence-corrected chi connectivity index (χ1v) is 10.1. The van der Waals surface area contributed by atoms with E-state index in [4.69, 9.17) is 14.6 Å². The predicted octanol–water partition coefficient (Wildman–Crippen LogP) is 4.82. The number of aromatic nitrogens is 2. The van der Waals surface area contributed by atoms with Crippen LogP contribution >= 0.6 is 15.9 Å². The van der Waals surface area contributed by atoms with Gasteiger partial charge in [-0.1, -0.05) is 28.1 Å². The Hall–Kier alpha value is -2.47. The van der Waals surface area contributed by atoms with Gasteiger partial charge in [0, 0.05) is 28.2 Å². The van der Waals surface area contributed by atoms with E-state index in [1.54, 1.807) is 0 Å². The van der Waals surface area contributed by atoms with Crippen LogP contribution < -0.4 is 14.8 Å². The Balaban J connectivity index is 1.65. The highest BCUT2D eigenvalue weighted by atomic mass is 79.9. The van der Waals surface area contributed by atoms with E-state index in [0.29, 0.717) is 13.2 Å². The fourth-order valence-electron chi connectivity index (χ4n) is 3.69. The van der Waals surface area contributed by atoms with Crippen LogP contribution in [0, 0.1) is 0 Å². The van der Waals surface area contributed by atoms with Crippen LogP contribution in [0.2, 0.25) is 0 Å². The number of ether oxygens (including phenoxy) is 2. The van der Waals surface area contributed by atoms with Gasteiger partial charge in [-0.05, 0) is 43.5 Å². The van der Waals surface area contributed by atoms with Gasteiger partial charge in [0.1, 0.15) is 19.0 Å². The van der Waals surface area contributed by atoms with E-state index < -0.39 is 0 Å². The maximum absolute atomic E-state index is 5.77. The molecule has 5 rings (SSSR count). The summed E-state index contributed by atoms with van der Waals surface area (Å²) in [6.45, 7) is 2.14. The minimum atomic E-state index is 0.579. The van der Waals surface area contributed by atoms with E-state index in [9.17, 15) is 0 Å². The fourth-order valence-corrected chi connectivity index (χ4v) is 3.96. The van der Waals surface area contributed by atoms with Crippen LogP contribution in [0.25, 0.3) is 16.9 Å². The van der Waals surface area contributed by atoms with Crippen molar-refractivity contribution in [3.8, 4) is 28.4 Å². The second-order valence-electron chi connectivity index (χ2n) is 6.81. The Morgan fingerprint density at radius 2 is 1.78 bits per heavy atom. The van der Waals surface area contributed by atoms with Gasteiger partial charge >= 0.3 is 0 Å². The molecule has 6 heteroatoms. The van der Waals surface area contributed by atoms with E-state index in [-0.39, 0.29) is 0 Å². The molecule has 0 saturated heterocycles. The molecule has 2 aliphatic heterocycles. The number of nitrogens with one attached hydrogen (secondary N) is 1. The molecule has 0 aliphatic carbocycles. The molecule has 0 bridgehead atoms. The zero-order valence-corrected chi connectivity index (χ0v) is 16.5. The molecule has 3 aromatic rings. The second kappa shape index (κ2) is 6.93. The standard InChI is InChI=1S/C21H20BrN3O2/c22-15-6-4-14(5-7-15)20-17-3-1-2-10-23-21(17)25(24-20)16-8-9-18-19(13-16)27-12-11-26-18/h4-9,13,23H,1-3,10-12H2. The van der Waals surface area contributed by atoms with Gasteiger partial charge < -0.3 is 14.8 Å². The Morgan fingerprint density at radius 3 is 2.63 bits per heavy atom. The molecule has 1 aromatic heterocycles. The number of benzene rings is 2. The number of nitrogens with zero attached hydrogens (tertiary/aromatic N) is 2. The van der Waals surface area contributed by atoms with Crippen molar-refractivity contribution < 1.29 is 9.47 Å². The highest BCUT2D eigenvalue weighted by Gasteiger charge is 2.22. The molecule has 0 radical (unpaired) electrons. The van der Waals surface area contributed by atoms with Crippen molar-refractivity contribution >= 4 is 21.7 Å². The molecule has 0 saturated carbocycles. The summed E-state index contributed by atoms with van der Waals surface area (Å²) in [5.41, 5.74) is 4.44.